The fourth-order valence-electron chi connectivity index (χ4n) is 1.23. The first-order chi connectivity index (χ1) is 7.20. The molecule has 0 aliphatic rings. The van der Waals surface area contributed by atoms with Crippen molar-refractivity contribution in [2.24, 2.45) is 10.7 Å². The van der Waals surface area contributed by atoms with E-state index in [9.17, 15) is 0 Å². The van der Waals surface area contributed by atoms with E-state index in [-0.39, 0.29) is 0 Å². The molecule has 0 fully saturated rings. The van der Waals surface area contributed by atoms with E-state index in [1.165, 1.54) is 0 Å². The fraction of sp³-hybridized carbons (Fsp3) is 0.200. The van der Waals surface area contributed by atoms with Gasteiger partial charge in [0.15, 0.2) is 17.3 Å². The highest BCUT2D eigenvalue weighted by molar-refractivity contribution is 5.95. The lowest BCUT2D eigenvalue weighted by Crippen LogP contribution is -2.16. The lowest BCUT2D eigenvalue weighted by molar-refractivity contribution is 1.11. The summed E-state index contributed by atoms with van der Waals surface area (Å²) in [6.07, 6.45) is 1.70. The van der Waals surface area contributed by atoms with Crippen LogP contribution in [0.15, 0.2) is 23.3 Å². The molecule has 2 N–H and O–H groups in total. The number of aryl methyl sites for hydroxylation is 1. The minimum Gasteiger partial charge on any atom is -0.381 e. The summed E-state index contributed by atoms with van der Waals surface area (Å²) >= 11 is 0. The first-order valence-corrected chi connectivity index (χ1v) is 4.54. The second kappa shape index (κ2) is 3.61. The molecule has 0 aliphatic heterocycles. The third-order valence-corrected chi connectivity index (χ3v) is 2.05. The molecule has 0 saturated heterocycles. The van der Waals surface area contributed by atoms with Gasteiger partial charge in [0, 0.05) is 24.3 Å². The van der Waals surface area contributed by atoms with Crippen molar-refractivity contribution in [3.05, 3.63) is 29.8 Å². The van der Waals surface area contributed by atoms with E-state index in [4.69, 9.17) is 5.73 Å². The average molecular weight is 201 g/mol. The third-order valence-electron chi connectivity index (χ3n) is 2.05. The second-order valence-electron chi connectivity index (χ2n) is 3.17. The summed E-state index contributed by atoms with van der Waals surface area (Å²) in [5.41, 5.74) is 7.18. The zero-order valence-electron chi connectivity index (χ0n) is 8.60. The Morgan fingerprint density at radius 2 is 2.13 bits per heavy atom. The molecule has 0 atom stereocenters. The van der Waals surface area contributed by atoms with Crippen LogP contribution in [0.1, 0.15) is 11.5 Å². The number of pyridine rings is 1. The van der Waals surface area contributed by atoms with Gasteiger partial charge in [-0.15, -0.1) is 0 Å². The Morgan fingerprint density at radius 1 is 1.33 bits per heavy atom. The van der Waals surface area contributed by atoms with Crippen molar-refractivity contribution in [3.8, 4) is 0 Å². The first kappa shape index (κ1) is 9.51. The van der Waals surface area contributed by atoms with Crippen molar-refractivity contribution in [1.29, 1.82) is 0 Å². The van der Waals surface area contributed by atoms with E-state index in [1.807, 2.05) is 19.1 Å². The Balaban J connectivity index is 2.64. The minimum absolute atomic E-state index is 0.320. The van der Waals surface area contributed by atoms with E-state index in [0.29, 0.717) is 17.3 Å². The minimum atomic E-state index is 0.320. The van der Waals surface area contributed by atoms with Crippen molar-refractivity contribution in [1.82, 2.24) is 15.0 Å². The molecular weight excluding hydrogens is 190 g/mol. The number of amidine groups is 1. The van der Waals surface area contributed by atoms with Gasteiger partial charge in [0.25, 0.3) is 0 Å². The topological polar surface area (TPSA) is 77.0 Å². The van der Waals surface area contributed by atoms with Gasteiger partial charge < -0.3 is 5.73 Å². The smallest absolute Gasteiger partial charge is 0.196 e. The van der Waals surface area contributed by atoms with Crippen molar-refractivity contribution < 1.29 is 0 Å². The molecular formula is C10H11N5. The predicted molar refractivity (Wildman–Crippen MR) is 58.7 cm³/mol. The maximum Gasteiger partial charge on any atom is 0.196 e. The lowest BCUT2D eigenvalue weighted by Gasteiger charge is -2.00. The highest BCUT2D eigenvalue weighted by Crippen LogP contribution is 2.08. The molecule has 0 spiro atoms. The van der Waals surface area contributed by atoms with Gasteiger partial charge in [-0.1, -0.05) is 0 Å². The molecule has 0 bridgehead atoms. The van der Waals surface area contributed by atoms with Crippen LogP contribution in [0.4, 0.5) is 0 Å². The summed E-state index contributed by atoms with van der Waals surface area (Å²) in [6.45, 7) is 1.92. The van der Waals surface area contributed by atoms with Gasteiger partial charge in [-0.05, 0) is 19.1 Å². The molecule has 5 nitrogen and oxygen atoms in total. The van der Waals surface area contributed by atoms with E-state index in [1.54, 1.807) is 13.2 Å². The Labute approximate surface area is 87.1 Å². The Hall–Kier alpha value is -2.04. The highest BCUT2D eigenvalue weighted by atomic mass is 15.0. The summed E-state index contributed by atoms with van der Waals surface area (Å²) < 4.78 is 0. The molecule has 2 heterocycles. The number of aromatic nitrogens is 3. The van der Waals surface area contributed by atoms with Gasteiger partial charge in [-0.25, -0.2) is 15.0 Å². The number of nitrogens with zero attached hydrogens (tertiary/aromatic N) is 4. The molecule has 15 heavy (non-hydrogen) atoms. The van der Waals surface area contributed by atoms with Gasteiger partial charge in [-0.2, -0.15) is 0 Å². The summed E-state index contributed by atoms with van der Waals surface area (Å²) in [5, 5.41) is 0.897. The number of rotatable bonds is 1. The molecule has 2 aromatic heterocycles. The molecule has 0 radical (unpaired) electrons. The van der Waals surface area contributed by atoms with Crippen LogP contribution in [0.5, 0.6) is 0 Å². The van der Waals surface area contributed by atoms with Gasteiger partial charge in [0.2, 0.25) is 0 Å². The van der Waals surface area contributed by atoms with Crippen LogP contribution in [-0.4, -0.2) is 27.8 Å². The second-order valence-corrected chi connectivity index (χ2v) is 3.17. The van der Waals surface area contributed by atoms with E-state index >= 15 is 0 Å². The van der Waals surface area contributed by atoms with Crippen molar-refractivity contribution in [2.75, 3.05) is 7.05 Å². The summed E-state index contributed by atoms with van der Waals surface area (Å²) in [4.78, 5) is 16.5. The quantitative estimate of drug-likeness (QED) is 0.543. The van der Waals surface area contributed by atoms with Crippen molar-refractivity contribution >= 4 is 16.9 Å². The summed E-state index contributed by atoms with van der Waals surface area (Å²) in [6, 6.07) is 3.85. The molecule has 0 aromatic carbocycles. The number of hydrogen-bond donors (Lipinski definition) is 1. The maximum absolute atomic E-state index is 5.62. The highest BCUT2D eigenvalue weighted by Gasteiger charge is 2.04. The molecule has 0 unspecified atom stereocenters. The van der Waals surface area contributed by atoms with Gasteiger partial charge in [-0.3, -0.25) is 4.99 Å². The standard InChI is InChI=1S/C10H11N5/c1-6-3-4-7-5-13-10(8(11)12-2)15-9(7)14-6/h3-5H,1-2H3,(H2,11,12). The number of hydrogen-bond acceptors (Lipinski definition) is 4. The van der Waals surface area contributed by atoms with Crippen LogP contribution in [0.25, 0.3) is 11.0 Å². The van der Waals surface area contributed by atoms with Crippen LogP contribution in [0.2, 0.25) is 0 Å². The third kappa shape index (κ3) is 1.76. The van der Waals surface area contributed by atoms with Crippen LogP contribution in [0, 0.1) is 6.92 Å². The molecule has 5 heteroatoms. The van der Waals surface area contributed by atoms with E-state index in [2.05, 4.69) is 19.9 Å². The normalized spacial score (nSPS) is 12.0. The Bertz CT molecular complexity index is 532. The van der Waals surface area contributed by atoms with Gasteiger partial charge in [0.1, 0.15) is 0 Å². The summed E-state index contributed by atoms with van der Waals surface area (Å²) in [7, 11) is 1.60. The van der Waals surface area contributed by atoms with Crippen LogP contribution in [0.3, 0.4) is 0 Å². The molecule has 0 aliphatic carbocycles. The Morgan fingerprint density at radius 3 is 2.87 bits per heavy atom. The summed E-state index contributed by atoms with van der Waals surface area (Å²) in [5.74, 6) is 0.739. The SMILES string of the molecule is CN=C(N)c1ncc2ccc(C)nc2n1. The number of fused-ring (bicyclic) bond motifs is 1. The number of nitrogens with two attached hydrogens (primary N) is 1. The van der Waals surface area contributed by atoms with Crippen LogP contribution >= 0.6 is 0 Å². The van der Waals surface area contributed by atoms with Crippen LogP contribution in [-0.2, 0) is 0 Å². The number of aliphatic imine (C=N–C) groups is 1. The average Bonchev–Trinajstić information content (AvgIpc) is 2.27. The van der Waals surface area contributed by atoms with Crippen molar-refractivity contribution in [2.45, 2.75) is 6.92 Å². The largest absolute Gasteiger partial charge is 0.381 e. The van der Waals surface area contributed by atoms with Gasteiger partial charge in [0.05, 0.1) is 0 Å². The van der Waals surface area contributed by atoms with Gasteiger partial charge >= 0.3 is 0 Å². The monoisotopic (exact) mass is 201 g/mol. The molecule has 0 saturated carbocycles. The van der Waals surface area contributed by atoms with E-state index < -0.39 is 0 Å². The zero-order valence-corrected chi connectivity index (χ0v) is 8.60. The van der Waals surface area contributed by atoms with Crippen molar-refractivity contribution in [3.63, 3.8) is 0 Å². The zero-order chi connectivity index (χ0) is 10.8. The first-order valence-electron chi connectivity index (χ1n) is 4.54. The maximum atomic E-state index is 5.62. The molecule has 2 rings (SSSR count). The lowest BCUT2D eigenvalue weighted by atomic mass is 10.3. The molecule has 0 amide bonds. The van der Waals surface area contributed by atoms with Crippen LogP contribution < -0.4 is 5.73 Å². The predicted octanol–water partition coefficient (Wildman–Crippen LogP) is 0.668. The van der Waals surface area contributed by atoms with E-state index in [0.717, 1.165) is 11.1 Å². The fourth-order valence-corrected chi connectivity index (χ4v) is 1.23. The molecule has 76 valence electrons. The molecule has 2 aromatic rings. The Kier molecular flexibility index (Phi) is 2.29.